The Balaban J connectivity index is 1.50. The minimum atomic E-state index is -3.07. The summed E-state index contributed by atoms with van der Waals surface area (Å²) >= 11 is 6.53. The molecular weight excluding hydrogens is 392 g/mol. The summed E-state index contributed by atoms with van der Waals surface area (Å²) in [6.07, 6.45) is 5.74. The van der Waals surface area contributed by atoms with Crippen molar-refractivity contribution in [1.82, 2.24) is 4.90 Å². The summed E-state index contributed by atoms with van der Waals surface area (Å²) in [6, 6.07) is 3.44. The molecule has 3 aliphatic rings. The average molecular weight is 413 g/mol. The third-order valence-corrected chi connectivity index (χ3v) is 8.03. The maximum atomic E-state index is 12.7. The summed E-state index contributed by atoms with van der Waals surface area (Å²) in [5, 5.41) is 0. The van der Waals surface area contributed by atoms with E-state index in [0.29, 0.717) is 21.4 Å². The third kappa shape index (κ3) is 3.57. The van der Waals surface area contributed by atoms with Gasteiger partial charge in [0.05, 0.1) is 22.5 Å². The number of rotatable bonds is 3. The number of carbonyl (C=O) groups excluding carboxylic acids is 1. The summed E-state index contributed by atoms with van der Waals surface area (Å²) in [5.41, 5.74) is 0. The predicted octanol–water partition coefficient (Wildman–Crippen LogP) is 2.66. The number of sulfone groups is 1. The van der Waals surface area contributed by atoms with E-state index < -0.39 is 9.84 Å². The minimum Gasteiger partial charge on any atom is -0.441 e. The van der Waals surface area contributed by atoms with Crippen LogP contribution in [0.4, 0.5) is 5.88 Å². The zero-order valence-corrected chi connectivity index (χ0v) is 16.7. The Hall–Kier alpha value is -1.32. The van der Waals surface area contributed by atoms with Crippen LogP contribution in [0.25, 0.3) is 6.08 Å². The van der Waals surface area contributed by atoms with Crippen LogP contribution < -0.4 is 4.90 Å². The summed E-state index contributed by atoms with van der Waals surface area (Å²) < 4.78 is 29.7. The molecule has 0 spiro atoms. The molecule has 0 bridgehead atoms. The van der Waals surface area contributed by atoms with Crippen LogP contribution in [0.5, 0.6) is 0 Å². The molecule has 0 aromatic carbocycles. The SMILES string of the molecule is O=C1C(=Cc2ccc(N3CCCCC3)o2)SC(=S)N1C1CCS(=O)(=O)C1. The normalized spacial score (nSPS) is 27.7. The fourth-order valence-corrected chi connectivity index (χ4v) is 6.69. The third-order valence-electron chi connectivity index (χ3n) is 4.95. The van der Waals surface area contributed by atoms with Crippen molar-refractivity contribution in [2.45, 2.75) is 31.7 Å². The van der Waals surface area contributed by atoms with Crippen LogP contribution in [0.2, 0.25) is 0 Å². The molecule has 3 aliphatic heterocycles. The average Bonchev–Trinajstić information content (AvgIpc) is 3.28. The summed E-state index contributed by atoms with van der Waals surface area (Å²) in [6.45, 7) is 1.98. The van der Waals surface area contributed by atoms with Gasteiger partial charge in [0, 0.05) is 25.2 Å². The highest BCUT2D eigenvalue weighted by Crippen LogP contribution is 2.36. The van der Waals surface area contributed by atoms with E-state index in [2.05, 4.69) is 4.90 Å². The molecule has 0 saturated carbocycles. The molecule has 1 amide bonds. The van der Waals surface area contributed by atoms with E-state index in [1.165, 1.54) is 35.9 Å². The van der Waals surface area contributed by atoms with Gasteiger partial charge in [0.15, 0.2) is 15.7 Å². The molecule has 3 saturated heterocycles. The van der Waals surface area contributed by atoms with E-state index in [1.807, 2.05) is 12.1 Å². The van der Waals surface area contributed by atoms with E-state index in [9.17, 15) is 13.2 Å². The van der Waals surface area contributed by atoms with Gasteiger partial charge in [-0.1, -0.05) is 24.0 Å². The number of thiocarbonyl (C=S) groups is 1. The molecule has 0 aliphatic carbocycles. The lowest BCUT2D eigenvalue weighted by molar-refractivity contribution is -0.123. The van der Waals surface area contributed by atoms with Gasteiger partial charge in [0.2, 0.25) is 0 Å². The van der Waals surface area contributed by atoms with Gasteiger partial charge in [-0.15, -0.1) is 0 Å². The smallest absolute Gasteiger partial charge is 0.266 e. The minimum absolute atomic E-state index is 0.00736. The summed E-state index contributed by atoms with van der Waals surface area (Å²) in [7, 11) is -3.07. The Morgan fingerprint density at radius 3 is 2.69 bits per heavy atom. The Labute approximate surface area is 162 Å². The van der Waals surface area contributed by atoms with Crippen LogP contribution in [-0.2, 0) is 14.6 Å². The first-order valence-electron chi connectivity index (χ1n) is 8.75. The second kappa shape index (κ2) is 7.01. The van der Waals surface area contributed by atoms with Gasteiger partial charge >= 0.3 is 0 Å². The van der Waals surface area contributed by atoms with Gasteiger partial charge in [-0.05, 0) is 31.7 Å². The lowest BCUT2D eigenvalue weighted by Crippen LogP contribution is -2.39. The van der Waals surface area contributed by atoms with Crippen LogP contribution in [-0.4, -0.2) is 54.2 Å². The number of carbonyl (C=O) groups is 1. The first-order valence-corrected chi connectivity index (χ1v) is 11.8. The fourth-order valence-electron chi connectivity index (χ4n) is 3.61. The number of amides is 1. The molecule has 1 aromatic rings. The number of hydrogen-bond donors (Lipinski definition) is 0. The van der Waals surface area contributed by atoms with Crippen molar-refractivity contribution >= 4 is 56.0 Å². The van der Waals surface area contributed by atoms with Crippen molar-refractivity contribution < 1.29 is 17.6 Å². The molecule has 3 fully saturated rings. The highest BCUT2D eigenvalue weighted by Gasteiger charge is 2.42. The van der Waals surface area contributed by atoms with Gasteiger partial charge < -0.3 is 9.32 Å². The maximum Gasteiger partial charge on any atom is 0.266 e. The van der Waals surface area contributed by atoms with Crippen molar-refractivity contribution in [1.29, 1.82) is 0 Å². The number of thioether (sulfide) groups is 1. The van der Waals surface area contributed by atoms with Gasteiger partial charge in [-0.25, -0.2) is 8.42 Å². The number of hydrogen-bond acceptors (Lipinski definition) is 7. The maximum absolute atomic E-state index is 12.7. The second-order valence-corrected chi connectivity index (χ2v) is 10.7. The lowest BCUT2D eigenvalue weighted by atomic mass is 10.1. The van der Waals surface area contributed by atoms with E-state index in [-0.39, 0.29) is 23.5 Å². The molecule has 1 atom stereocenters. The molecule has 0 radical (unpaired) electrons. The number of furan rings is 1. The van der Waals surface area contributed by atoms with Crippen molar-refractivity contribution in [3.63, 3.8) is 0 Å². The fraction of sp³-hybridized carbons (Fsp3) is 0.529. The van der Waals surface area contributed by atoms with Crippen LogP contribution in [0.1, 0.15) is 31.4 Å². The first-order chi connectivity index (χ1) is 12.4. The number of anilines is 1. The Kier molecular flexibility index (Phi) is 4.87. The lowest BCUT2D eigenvalue weighted by Gasteiger charge is -2.25. The molecule has 0 N–H and O–H groups in total. The van der Waals surface area contributed by atoms with Crippen LogP contribution in [0.15, 0.2) is 21.5 Å². The monoisotopic (exact) mass is 412 g/mol. The zero-order valence-electron chi connectivity index (χ0n) is 14.2. The molecule has 4 rings (SSSR count). The molecule has 9 heteroatoms. The van der Waals surface area contributed by atoms with Crippen LogP contribution in [0.3, 0.4) is 0 Å². The van der Waals surface area contributed by atoms with Crippen molar-refractivity contribution in [3.8, 4) is 0 Å². The molecular formula is C17H20N2O4S3. The topological polar surface area (TPSA) is 70.8 Å². The Bertz CT molecular complexity index is 868. The molecule has 140 valence electrons. The quantitative estimate of drug-likeness (QED) is 0.558. The standard InChI is InChI=1S/C17H20N2O4S3/c20-16-14(25-17(24)19(16)12-6-9-26(21,22)11-12)10-13-4-5-15(23-13)18-7-2-1-3-8-18/h4-5,10,12H,1-3,6-9,11H2. The summed E-state index contributed by atoms with van der Waals surface area (Å²) in [5.74, 6) is 1.33. The van der Waals surface area contributed by atoms with E-state index in [0.717, 1.165) is 19.0 Å². The van der Waals surface area contributed by atoms with Crippen molar-refractivity contribution in [3.05, 3.63) is 22.8 Å². The predicted molar refractivity (Wildman–Crippen MR) is 107 cm³/mol. The molecule has 6 nitrogen and oxygen atoms in total. The van der Waals surface area contributed by atoms with E-state index >= 15 is 0 Å². The zero-order chi connectivity index (χ0) is 18.3. The molecule has 1 aromatic heterocycles. The number of nitrogens with zero attached hydrogens (tertiary/aromatic N) is 2. The van der Waals surface area contributed by atoms with Gasteiger partial charge in [-0.3, -0.25) is 9.69 Å². The first kappa shape index (κ1) is 18.1. The number of piperidine rings is 1. The largest absolute Gasteiger partial charge is 0.441 e. The van der Waals surface area contributed by atoms with Gasteiger partial charge in [0.1, 0.15) is 10.1 Å². The Morgan fingerprint density at radius 1 is 1.23 bits per heavy atom. The second-order valence-electron chi connectivity index (χ2n) is 6.83. The Morgan fingerprint density at radius 2 is 2.00 bits per heavy atom. The van der Waals surface area contributed by atoms with Gasteiger partial charge in [0.25, 0.3) is 5.91 Å². The van der Waals surface area contributed by atoms with Crippen molar-refractivity contribution in [2.24, 2.45) is 0 Å². The molecule has 26 heavy (non-hydrogen) atoms. The highest BCUT2D eigenvalue weighted by molar-refractivity contribution is 8.26. The molecule has 1 unspecified atom stereocenters. The van der Waals surface area contributed by atoms with Crippen LogP contribution in [0, 0.1) is 0 Å². The molecule has 4 heterocycles. The summed E-state index contributed by atoms with van der Waals surface area (Å²) in [4.78, 5) is 16.9. The van der Waals surface area contributed by atoms with Gasteiger partial charge in [-0.2, -0.15) is 0 Å². The van der Waals surface area contributed by atoms with Crippen LogP contribution >= 0.6 is 24.0 Å². The van der Waals surface area contributed by atoms with Crippen molar-refractivity contribution in [2.75, 3.05) is 29.5 Å². The highest BCUT2D eigenvalue weighted by atomic mass is 32.2. The van der Waals surface area contributed by atoms with E-state index in [4.69, 9.17) is 16.6 Å². The van der Waals surface area contributed by atoms with E-state index in [1.54, 1.807) is 6.08 Å².